The molecule has 502 valence electrons. The van der Waals surface area contributed by atoms with Crippen molar-refractivity contribution >= 4 is 78.5 Å². The maximum Gasteiger partial charge on any atom is 0.236 e. The Bertz CT molecular complexity index is 3310. The molecular weight excluding hydrogens is 1200 g/mol. The van der Waals surface area contributed by atoms with E-state index in [1.807, 2.05) is 160 Å². The summed E-state index contributed by atoms with van der Waals surface area (Å²) in [6.45, 7) is 2.67. The second-order valence-electron chi connectivity index (χ2n) is 21.8. The highest BCUT2D eigenvalue weighted by molar-refractivity contribution is 6.35. The first-order valence-corrected chi connectivity index (χ1v) is 29.4. The van der Waals surface area contributed by atoms with E-state index < -0.39 is 60.1 Å². The Labute approximate surface area is 542 Å². The lowest BCUT2D eigenvalue weighted by molar-refractivity contribution is -0.758. The van der Waals surface area contributed by atoms with Gasteiger partial charge in [-0.05, 0) is 54.8 Å². The molecule has 0 spiro atoms. The highest BCUT2D eigenvalue weighted by atomic mass is 16.6. The minimum atomic E-state index is -1.22. The second kappa shape index (κ2) is 44.3. The van der Waals surface area contributed by atoms with Crippen LogP contribution in [0.1, 0.15) is 74.3 Å². The molecule has 0 saturated heterocycles. The number of hydroxylamine groups is 1. The maximum atomic E-state index is 11.7. The molecule has 5 aromatic rings. The minimum Gasteiger partial charge on any atom is -0.544 e. The molecule has 0 radical (unpaired) electrons. The first-order chi connectivity index (χ1) is 43.8. The van der Waals surface area contributed by atoms with E-state index in [9.17, 15) is 63.9 Å². The van der Waals surface area contributed by atoms with Crippen molar-refractivity contribution in [2.24, 2.45) is 10.2 Å². The number of rotatable bonds is 29. The molecule has 0 saturated carbocycles. The zero-order valence-corrected chi connectivity index (χ0v) is 54.6. The predicted octanol–water partition coefficient (Wildman–Crippen LogP) is -8.65. The number of hydrogen-bond acceptors (Lipinski definition) is 17. The van der Waals surface area contributed by atoms with E-state index in [2.05, 4.69) is 62.2 Å². The Morgan fingerprint density at radius 1 is 0.441 bits per heavy atom. The normalized spacial score (nSPS) is 12.5. The summed E-state index contributed by atoms with van der Waals surface area (Å²) in [6, 6.07) is 33.8. The second-order valence-corrected chi connectivity index (χ2v) is 21.8. The highest BCUT2D eigenvalue weighted by Crippen LogP contribution is 2.11. The molecule has 27 heteroatoms. The van der Waals surface area contributed by atoms with Crippen LogP contribution in [0.15, 0.2) is 132 Å². The molecular formula is C66H92N13O14+3. The summed E-state index contributed by atoms with van der Waals surface area (Å²) in [7, 11) is 13.3. The van der Waals surface area contributed by atoms with Crippen LogP contribution >= 0.6 is 0 Å². The molecule has 0 aliphatic rings. The lowest BCUT2D eigenvalue weighted by Crippen LogP contribution is -2.69. The Hall–Kier alpha value is -10.2. The molecule has 0 bridgehead atoms. The fraction of sp³-hybridized carbons (Fsp3) is 0.348. The van der Waals surface area contributed by atoms with Crippen LogP contribution in [0.2, 0.25) is 0 Å². The van der Waals surface area contributed by atoms with Crippen LogP contribution in [0.3, 0.4) is 0 Å². The Kier molecular flexibility index (Phi) is 38.5. The number of hydrogen-bond donors (Lipinski definition) is 7. The smallest absolute Gasteiger partial charge is 0.236 e. The van der Waals surface area contributed by atoms with Gasteiger partial charge in [0.05, 0.1) is 63.0 Å². The van der Waals surface area contributed by atoms with Crippen LogP contribution in [0.5, 0.6) is 0 Å². The number of quaternary nitrogens is 5. The first kappa shape index (κ1) is 80.8. The van der Waals surface area contributed by atoms with Gasteiger partial charge in [0.2, 0.25) is 17.6 Å². The van der Waals surface area contributed by atoms with Crippen LogP contribution < -0.4 is 65.1 Å². The van der Waals surface area contributed by atoms with Gasteiger partial charge in [0.15, 0.2) is 26.5 Å². The third-order valence-electron chi connectivity index (χ3n) is 13.2. The average Bonchev–Trinajstić information content (AvgIpc) is 1.50. The van der Waals surface area contributed by atoms with Gasteiger partial charge in [-0.15, -0.1) is 4.68 Å². The molecule has 27 nitrogen and oxygen atoms in total. The van der Waals surface area contributed by atoms with Crippen molar-refractivity contribution in [1.29, 1.82) is 0 Å². The number of carboxylic acids is 5. The summed E-state index contributed by atoms with van der Waals surface area (Å²) in [4.78, 5) is 90.7. The van der Waals surface area contributed by atoms with E-state index >= 15 is 0 Å². The van der Waals surface area contributed by atoms with Gasteiger partial charge in [-0.3, -0.25) is 19.2 Å². The van der Waals surface area contributed by atoms with Crippen LogP contribution in [0, 0.1) is 0 Å². The van der Waals surface area contributed by atoms with E-state index in [4.69, 9.17) is 4.84 Å². The van der Waals surface area contributed by atoms with E-state index in [0.717, 1.165) is 64.4 Å². The number of hydrazine groups is 1. The molecule has 17 N–H and O–H groups in total. The van der Waals surface area contributed by atoms with Gasteiger partial charge >= 0.3 is 0 Å². The van der Waals surface area contributed by atoms with E-state index in [1.165, 1.54) is 25.0 Å². The van der Waals surface area contributed by atoms with E-state index in [-0.39, 0.29) is 24.0 Å². The molecule has 0 aromatic heterocycles. The summed E-state index contributed by atoms with van der Waals surface area (Å²) in [5, 5.41) is 62.1. The van der Waals surface area contributed by atoms with Crippen molar-refractivity contribution in [2.75, 3.05) is 49.4 Å². The summed E-state index contributed by atoms with van der Waals surface area (Å²) >= 11 is 0. The molecule has 0 aliphatic carbocycles. The molecule has 5 aromatic carbocycles. The molecule has 5 unspecified atom stereocenters. The van der Waals surface area contributed by atoms with E-state index in [1.54, 1.807) is 42.3 Å². The fourth-order valence-corrected chi connectivity index (χ4v) is 7.43. The molecule has 0 fully saturated rings. The number of amides is 2. The predicted molar refractivity (Wildman–Crippen MR) is 336 cm³/mol. The number of benzene rings is 5. The standard InChI is InChI=1S/C14H21N3O2.C13H15N3O4.C13H17N3O3.C13H18N2O3.C13H18N2O2/c1-16(2)17(3)9-8-11-4-6-12(7-5-11)10-13(15)14(18)19;1-8(17)16-15-7-12(18)10-4-2-9(3-5-10)6-11(14)13(19)20;1-9(17)16-15-7-6-10-2-4-11(5-3-10)8-12(14)13(18)19;1-15(18-2)8-7-10-3-5-11(6-4-10)9-12(14)13(16)17;1-15(2)8-7-10-3-5-11(6-4-10)9-12(14)13(16)17/h4-7,9,13H,8,10,15H2,1-3H3;2-5,7,11H,6,14H2,1H3,(H,16,17)(H,19,20);2-5,7,12H,6,8,14H2,1H3,(H,16,17)(H,18,19);3-6,8,12H,7,9,14H2,1-2H3;3-6,8,12H,7,9,14H2,1-2H3/p+3/b17-9+;2*15-7+;15-8+;. The van der Waals surface area contributed by atoms with Crippen LogP contribution in [-0.2, 0) is 96.2 Å². The number of carbonyl (C=O) groups excluding carboxylic acids is 8. The van der Waals surface area contributed by atoms with Crippen molar-refractivity contribution < 1.29 is 111 Å². The van der Waals surface area contributed by atoms with Crippen molar-refractivity contribution in [3.63, 3.8) is 0 Å². The summed E-state index contributed by atoms with van der Waals surface area (Å²) < 4.78 is 5.65. The number of Topliss-reactive ketones (excluding diaryl/α,β-unsaturated/α-hetero) is 1. The van der Waals surface area contributed by atoms with Gasteiger partial charge in [-0.25, -0.2) is 15.4 Å². The van der Waals surface area contributed by atoms with E-state index in [0.29, 0.717) is 37.7 Å². The zero-order chi connectivity index (χ0) is 70.2. The Morgan fingerprint density at radius 3 is 0.989 bits per heavy atom. The van der Waals surface area contributed by atoms with Crippen molar-refractivity contribution in [3.8, 4) is 0 Å². The van der Waals surface area contributed by atoms with Gasteiger partial charge in [-0.1, -0.05) is 121 Å². The van der Waals surface area contributed by atoms with Crippen molar-refractivity contribution in [3.05, 3.63) is 177 Å². The molecule has 0 heterocycles. The third kappa shape index (κ3) is 37.5. The number of nitrogens with zero attached hydrogens (tertiary/aromatic N) is 6. The third-order valence-corrected chi connectivity index (χ3v) is 13.2. The minimum absolute atomic E-state index is 0.213. The fourth-order valence-electron chi connectivity index (χ4n) is 7.43. The molecule has 0 aliphatic heterocycles. The van der Waals surface area contributed by atoms with Gasteiger partial charge in [0, 0.05) is 70.6 Å². The van der Waals surface area contributed by atoms with Crippen LogP contribution in [0.4, 0.5) is 0 Å². The van der Waals surface area contributed by atoms with Gasteiger partial charge in [-0.2, -0.15) is 15.2 Å². The number of nitrogens with one attached hydrogen (secondary N) is 2. The SMILES string of the molecule is CC(=O)N/N=C/C(=O)c1ccc(CC([NH3+])C(=O)[O-])cc1.CC(=O)N/N=C/Cc1ccc(CC([NH3+])C(=O)[O-])cc1.CN(C)/[N+](C)=C/Cc1ccc(CC([NH3+])C(=O)[O-])cc1.CO/[N+](C)=C/Cc1ccc(CC([NH3+])C(=O)[O-])cc1.C[N+](C)=CCc1ccc(CC([NH3+])C(=O)[O-])cc1. The van der Waals surface area contributed by atoms with Gasteiger partial charge < -0.3 is 78.2 Å². The maximum absolute atomic E-state index is 11.7. The Morgan fingerprint density at radius 2 is 0.710 bits per heavy atom. The lowest BCUT2D eigenvalue weighted by atomic mass is 10.0. The Balaban J connectivity index is 0.000000582. The number of aliphatic carboxylic acids is 5. The number of hydrazone groups is 3. The average molecular weight is 1290 g/mol. The first-order valence-electron chi connectivity index (χ1n) is 29.4. The van der Waals surface area contributed by atoms with Gasteiger partial charge in [0.1, 0.15) is 57.6 Å². The molecule has 2 amide bonds. The zero-order valence-electron chi connectivity index (χ0n) is 54.6. The number of carbonyl (C=O) groups is 8. The van der Waals surface area contributed by atoms with Crippen LogP contribution in [-0.4, -0.2) is 177 Å². The lowest BCUT2D eigenvalue weighted by Gasteiger charge is -2.09. The van der Waals surface area contributed by atoms with Gasteiger partial charge in [0.25, 0.3) is 0 Å². The molecule has 5 atom stereocenters. The number of carboxylic acid groups (broad SMARTS) is 5. The van der Waals surface area contributed by atoms with Crippen molar-refractivity contribution in [1.82, 2.24) is 15.9 Å². The highest BCUT2D eigenvalue weighted by Gasteiger charge is 2.13. The summed E-state index contributed by atoms with van der Waals surface area (Å²) in [5.74, 6) is -6.63. The summed E-state index contributed by atoms with van der Waals surface area (Å²) in [6.07, 6.45) is 13.6. The topological polar surface area (TPSA) is 460 Å². The molecule has 5 rings (SSSR count). The summed E-state index contributed by atoms with van der Waals surface area (Å²) in [5.41, 5.74) is 31.5. The quantitative estimate of drug-likeness (QED) is 0.0101. The van der Waals surface area contributed by atoms with Crippen molar-refractivity contribution in [2.45, 2.75) is 102 Å². The largest absolute Gasteiger partial charge is 0.544 e. The monoisotopic (exact) mass is 1290 g/mol. The molecule has 93 heavy (non-hydrogen) atoms. The number of ketones is 1. The van der Waals surface area contributed by atoms with Crippen LogP contribution in [0.25, 0.3) is 0 Å².